The van der Waals surface area contributed by atoms with Crippen LogP contribution in [-0.4, -0.2) is 36.8 Å². The quantitative estimate of drug-likeness (QED) is 0.397. The first-order valence-electron chi connectivity index (χ1n) is 10.7. The van der Waals surface area contributed by atoms with E-state index in [0.717, 1.165) is 6.26 Å². The van der Waals surface area contributed by atoms with Gasteiger partial charge < -0.3 is 13.7 Å². The molecule has 34 heavy (non-hydrogen) atoms. The molecule has 1 aliphatic rings. The number of furan rings is 1. The smallest absolute Gasteiger partial charge is 0.342 e. The molecule has 1 unspecified atom stereocenters. The van der Waals surface area contributed by atoms with Crippen molar-refractivity contribution in [2.45, 2.75) is 26.4 Å². The number of hydrogen-bond donors (Lipinski definition) is 0. The van der Waals surface area contributed by atoms with Crippen LogP contribution in [-0.2, 0) is 21.3 Å². The van der Waals surface area contributed by atoms with Gasteiger partial charge in [0.2, 0.25) is 10.0 Å². The standard InChI is InChI=1S/C24H22FN3O5S/c1-4-32-24(29)22-18-11-17-14(2)27-10-9-26-21(27)13-28(34(3,30)31)19(17)12-20(18)33-23(22)15-5-7-16(25)8-6-15/h5-12,14H,4,13H2,1-3H3. The topological polar surface area (TPSA) is 94.6 Å². The molecule has 0 fully saturated rings. The largest absolute Gasteiger partial charge is 0.462 e. The first-order valence-corrected chi connectivity index (χ1v) is 12.6. The van der Waals surface area contributed by atoms with E-state index in [2.05, 4.69) is 4.98 Å². The highest BCUT2D eigenvalue weighted by molar-refractivity contribution is 7.92. The average Bonchev–Trinajstić information content (AvgIpc) is 3.37. The van der Waals surface area contributed by atoms with E-state index in [9.17, 15) is 17.6 Å². The number of fused-ring (bicyclic) bond motifs is 3. The van der Waals surface area contributed by atoms with E-state index in [1.165, 1.54) is 28.6 Å². The molecule has 1 aliphatic heterocycles. The Kier molecular flexibility index (Phi) is 5.20. The van der Waals surface area contributed by atoms with Gasteiger partial charge in [-0.25, -0.2) is 22.6 Å². The van der Waals surface area contributed by atoms with Crippen LogP contribution in [0.25, 0.3) is 22.3 Å². The van der Waals surface area contributed by atoms with Crippen LogP contribution in [0.2, 0.25) is 0 Å². The first-order chi connectivity index (χ1) is 16.2. The van der Waals surface area contributed by atoms with Gasteiger partial charge in [0.25, 0.3) is 0 Å². The molecule has 0 saturated carbocycles. The van der Waals surface area contributed by atoms with Crippen molar-refractivity contribution < 1.29 is 26.8 Å². The van der Waals surface area contributed by atoms with Gasteiger partial charge >= 0.3 is 5.97 Å². The Bertz CT molecular complexity index is 1520. The van der Waals surface area contributed by atoms with E-state index < -0.39 is 21.8 Å². The SMILES string of the molecule is CCOC(=O)c1c(-c2ccc(F)cc2)oc2cc3c(cc12)C(C)n1ccnc1CN3S(C)(=O)=O. The number of nitrogens with zero attached hydrogens (tertiary/aromatic N) is 3. The fourth-order valence-corrected chi connectivity index (χ4v) is 5.25. The second kappa shape index (κ2) is 7.98. The number of carbonyl (C=O) groups excluding carboxylic acids is 1. The predicted molar refractivity (Wildman–Crippen MR) is 125 cm³/mol. The van der Waals surface area contributed by atoms with Crippen LogP contribution >= 0.6 is 0 Å². The third kappa shape index (κ3) is 3.54. The van der Waals surface area contributed by atoms with Crippen LogP contribution in [0.4, 0.5) is 10.1 Å². The summed E-state index contributed by atoms with van der Waals surface area (Å²) in [7, 11) is -3.66. The molecule has 0 bridgehead atoms. The number of imidazole rings is 1. The molecule has 0 radical (unpaired) electrons. The summed E-state index contributed by atoms with van der Waals surface area (Å²) in [5, 5.41) is 0.486. The summed E-state index contributed by atoms with van der Waals surface area (Å²) in [6.45, 7) is 3.87. The molecular weight excluding hydrogens is 461 g/mol. The van der Waals surface area contributed by atoms with Gasteiger partial charge in [0.15, 0.2) is 0 Å². The number of hydrogen-bond acceptors (Lipinski definition) is 6. The van der Waals surface area contributed by atoms with Crippen molar-refractivity contribution in [1.82, 2.24) is 9.55 Å². The molecule has 5 rings (SSSR count). The van der Waals surface area contributed by atoms with Crippen molar-refractivity contribution in [1.29, 1.82) is 0 Å². The number of sulfonamides is 1. The summed E-state index contributed by atoms with van der Waals surface area (Å²) in [5.74, 6) is -0.165. The lowest BCUT2D eigenvalue weighted by Gasteiger charge is -2.22. The third-order valence-corrected chi connectivity index (χ3v) is 7.12. The normalized spacial score (nSPS) is 15.6. The summed E-state index contributed by atoms with van der Waals surface area (Å²) in [5.41, 5.74) is 2.16. The molecule has 10 heteroatoms. The Hall–Kier alpha value is -3.66. The van der Waals surface area contributed by atoms with Crippen LogP contribution in [0.15, 0.2) is 53.2 Å². The summed E-state index contributed by atoms with van der Waals surface area (Å²) >= 11 is 0. The molecule has 2 aromatic heterocycles. The lowest BCUT2D eigenvalue weighted by molar-refractivity contribution is 0.0528. The van der Waals surface area contributed by atoms with Gasteiger partial charge in [0, 0.05) is 29.4 Å². The van der Waals surface area contributed by atoms with E-state index >= 15 is 0 Å². The molecule has 0 aliphatic carbocycles. The fourth-order valence-electron chi connectivity index (χ4n) is 4.39. The van der Waals surface area contributed by atoms with E-state index in [0.29, 0.717) is 33.6 Å². The Morgan fingerprint density at radius 3 is 2.68 bits per heavy atom. The Morgan fingerprint density at radius 2 is 2.00 bits per heavy atom. The molecule has 2 aromatic carbocycles. The summed E-state index contributed by atoms with van der Waals surface area (Å²) in [6, 6.07) is 8.73. The zero-order valence-electron chi connectivity index (χ0n) is 18.8. The molecule has 4 aromatic rings. The number of esters is 1. The molecule has 1 atom stereocenters. The van der Waals surface area contributed by atoms with E-state index in [4.69, 9.17) is 9.15 Å². The highest BCUT2D eigenvalue weighted by Gasteiger charge is 2.32. The first kappa shape index (κ1) is 22.1. The van der Waals surface area contributed by atoms with Crippen LogP contribution < -0.4 is 4.31 Å². The molecule has 0 spiro atoms. The molecule has 0 saturated heterocycles. The number of rotatable bonds is 4. The van der Waals surface area contributed by atoms with Gasteiger partial charge in [-0.1, -0.05) is 0 Å². The number of aromatic nitrogens is 2. The zero-order valence-corrected chi connectivity index (χ0v) is 19.6. The minimum absolute atomic E-state index is 0.0605. The van der Waals surface area contributed by atoms with Gasteiger partial charge in [0.05, 0.1) is 31.1 Å². The Balaban J connectivity index is 1.82. The lowest BCUT2D eigenvalue weighted by Crippen LogP contribution is -2.29. The van der Waals surface area contributed by atoms with Gasteiger partial charge in [-0.2, -0.15) is 0 Å². The van der Waals surface area contributed by atoms with Crippen molar-refractivity contribution in [3.63, 3.8) is 0 Å². The van der Waals surface area contributed by atoms with Crippen molar-refractivity contribution in [3.05, 3.63) is 71.6 Å². The minimum atomic E-state index is -3.66. The second-order valence-electron chi connectivity index (χ2n) is 8.14. The molecular formula is C24H22FN3O5S. The van der Waals surface area contributed by atoms with Crippen molar-refractivity contribution in [2.75, 3.05) is 17.2 Å². The molecule has 0 amide bonds. The predicted octanol–water partition coefficient (Wildman–Crippen LogP) is 4.50. The number of benzene rings is 2. The molecule has 8 nitrogen and oxygen atoms in total. The maximum Gasteiger partial charge on any atom is 0.342 e. The van der Waals surface area contributed by atoms with Crippen LogP contribution in [0, 0.1) is 5.82 Å². The lowest BCUT2D eigenvalue weighted by atomic mass is 10.00. The third-order valence-electron chi connectivity index (χ3n) is 5.99. The summed E-state index contributed by atoms with van der Waals surface area (Å²) in [4.78, 5) is 17.3. The van der Waals surface area contributed by atoms with Crippen LogP contribution in [0.1, 0.15) is 41.6 Å². The van der Waals surface area contributed by atoms with E-state index in [1.54, 1.807) is 31.5 Å². The van der Waals surface area contributed by atoms with Gasteiger partial charge in [-0.3, -0.25) is 4.31 Å². The van der Waals surface area contributed by atoms with Gasteiger partial charge in [-0.05, 0) is 49.7 Å². The summed E-state index contributed by atoms with van der Waals surface area (Å²) < 4.78 is 53.6. The summed E-state index contributed by atoms with van der Waals surface area (Å²) in [6.07, 6.45) is 4.57. The minimum Gasteiger partial charge on any atom is -0.462 e. The average molecular weight is 484 g/mol. The van der Waals surface area contributed by atoms with Crippen molar-refractivity contribution in [3.8, 4) is 11.3 Å². The second-order valence-corrected chi connectivity index (χ2v) is 10.0. The number of carbonyl (C=O) groups is 1. The molecule has 0 N–H and O–H groups in total. The molecule has 176 valence electrons. The number of halogens is 1. The van der Waals surface area contributed by atoms with E-state index in [1.807, 2.05) is 11.5 Å². The fraction of sp³-hybridized carbons (Fsp3) is 0.250. The maximum atomic E-state index is 13.5. The Morgan fingerprint density at radius 1 is 1.26 bits per heavy atom. The van der Waals surface area contributed by atoms with Crippen molar-refractivity contribution >= 4 is 32.6 Å². The van der Waals surface area contributed by atoms with Crippen molar-refractivity contribution in [2.24, 2.45) is 0 Å². The number of anilines is 1. The number of ether oxygens (including phenoxy) is 1. The van der Waals surface area contributed by atoms with E-state index in [-0.39, 0.29) is 30.5 Å². The van der Waals surface area contributed by atoms with Gasteiger partial charge in [-0.15, -0.1) is 0 Å². The highest BCUT2D eigenvalue weighted by Crippen LogP contribution is 2.42. The highest BCUT2D eigenvalue weighted by atomic mass is 32.2. The van der Waals surface area contributed by atoms with Gasteiger partial charge in [0.1, 0.15) is 28.5 Å². The zero-order chi connectivity index (χ0) is 24.2. The Labute approximate surface area is 195 Å². The van der Waals surface area contributed by atoms with Crippen LogP contribution in [0.5, 0.6) is 0 Å². The van der Waals surface area contributed by atoms with Crippen LogP contribution in [0.3, 0.4) is 0 Å². The molecule has 3 heterocycles. The monoisotopic (exact) mass is 483 g/mol. The maximum absolute atomic E-state index is 13.5.